The molecule has 3 heteroatoms. The van der Waals surface area contributed by atoms with Crippen LogP contribution in [-0.4, -0.2) is 17.5 Å². The lowest BCUT2D eigenvalue weighted by molar-refractivity contribution is -0.112. The van der Waals surface area contributed by atoms with E-state index in [-0.39, 0.29) is 11.7 Å². The predicted octanol–water partition coefficient (Wildman–Crippen LogP) is 1.98. The molecule has 0 aliphatic rings. The average Bonchev–Trinajstić information content (AvgIpc) is 1.87. The fraction of sp³-hybridized carbons (Fsp3) is 0.500. The van der Waals surface area contributed by atoms with Crippen molar-refractivity contribution in [2.75, 3.05) is 11.8 Å². The van der Waals surface area contributed by atoms with Gasteiger partial charge in [-0.15, -0.1) is 23.2 Å². The molecule has 0 saturated heterocycles. The Morgan fingerprint density at radius 1 is 1.44 bits per heavy atom. The van der Waals surface area contributed by atoms with E-state index in [2.05, 4.69) is 0 Å². The SMILES string of the molecule is C/C(=C\C(=O)CCl)CCl. The van der Waals surface area contributed by atoms with Crippen LogP contribution in [0, 0.1) is 0 Å². The molecule has 0 heterocycles. The Morgan fingerprint density at radius 2 is 2.00 bits per heavy atom. The van der Waals surface area contributed by atoms with Crippen molar-refractivity contribution >= 4 is 29.0 Å². The molecule has 0 bridgehead atoms. The molecule has 0 fully saturated rings. The lowest BCUT2D eigenvalue weighted by Crippen LogP contribution is -1.94. The predicted molar refractivity (Wildman–Crippen MR) is 40.2 cm³/mol. The first kappa shape index (κ1) is 8.99. The van der Waals surface area contributed by atoms with Crippen LogP contribution in [0.3, 0.4) is 0 Å². The zero-order valence-corrected chi connectivity index (χ0v) is 6.67. The second-order valence-electron chi connectivity index (χ2n) is 1.72. The number of rotatable bonds is 3. The van der Waals surface area contributed by atoms with Crippen LogP contribution in [0.4, 0.5) is 0 Å². The maximum absolute atomic E-state index is 10.5. The molecule has 0 saturated carbocycles. The van der Waals surface area contributed by atoms with E-state index >= 15 is 0 Å². The van der Waals surface area contributed by atoms with Crippen molar-refractivity contribution in [3.63, 3.8) is 0 Å². The molecule has 0 atom stereocenters. The molecule has 0 aromatic rings. The Bertz CT molecular complexity index is 129. The highest BCUT2D eigenvalue weighted by Gasteiger charge is 1.93. The third-order valence-corrected chi connectivity index (χ3v) is 1.43. The Balaban J connectivity index is 3.79. The summed E-state index contributed by atoms with van der Waals surface area (Å²) in [6.45, 7) is 1.79. The van der Waals surface area contributed by atoms with Gasteiger partial charge in [-0.2, -0.15) is 0 Å². The van der Waals surface area contributed by atoms with E-state index in [1.54, 1.807) is 6.92 Å². The molecule has 0 aromatic heterocycles. The van der Waals surface area contributed by atoms with Gasteiger partial charge in [0.25, 0.3) is 0 Å². The summed E-state index contributed by atoms with van der Waals surface area (Å²) in [7, 11) is 0. The second-order valence-corrected chi connectivity index (χ2v) is 2.26. The Labute approximate surface area is 64.6 Å². The van der Waals surface area contributed by atoms with Crippen molar-refractivity contribution in [3.05, 3.63) is 11.6 Å². The van der Waals surface area contributed by atoms with Crippen LogP contribution in [0.25, 0.3) is 0 Å². The molecule has 0 rings (SSSR count). The van der Waals surface area contributed by atoms with Gasteiger partial charge in [0.05, 0.1) is 5.88 Å². The minimum atomic E-state index is -0.0881. The van der Waals surface area contributed by atoms with Crippen LogP contribution in [0.5, 0.6) is 0 Å². The van der Waals surface area contributed by atoms with E-state index in [4.69, 9.17) is 23.2 Å². The van der Waals surface area contributed by atoms with Crippen LogP contribution in [0.2, 0.25) is 0 Å². The average molecular weight is 167 g/mol. The summed E-state index contributed by atoms with van der Waals surface area (Å²) in [5.41, 5.74) is 0.849. The summed E-state index contributed by atoms with van der Waals surface area (Å²) >= 11 is 10.6. The molecule has 0 aromatic carbocycles. The summed E-state index contributed by atoms with van der Waals surface area (Å²) in [5, 5.41) is 0. The van der Waals surface area contributed by atoms with Gasteiger partial charge in [0.2, 0.25) is 0 Å². The highest BCUT2D eigenvalue weighted by molar-refractivity contribution is 6.29. The smallest absolute Gasteiger partial charge is 0.170 e. The van der Waals surface area contributed by atoms with Gasteiger partial charge < -0.3 is 0 Å². The second kappa shape index (κ2) is 4.83. The summed E-state index contributed by atoms with van der Waals surface area (Å²) in [6.07, 6.45) is 1.46. The molecule has 0 unspecified atom stereocenters. The molecule has 0 amide bonds. The van der Waals surface area contributed by atoms with Crippen molar-refractivity contribution in [2.45, 2.75) is 6.92 Å². The fourth-order valence-electron chi connectivity index (χ4n) is 0.352. The van der Waals surface area contributed by atoms with Gasteiger partial charge in [-0.05, 0) is 13.0 Å². The molecule has 0 aliphatic carbocycles. The Morgan fingerprint density at radius 3 is 2.33 bits per heavy atom. The minimum absolute atomic E-state index is 0.0359. The van der Waals surface area contributed by atoms with Gasteiger partial charge in [0, 0.05) is 5.88 Å². The van der Waals surface area contributed by atoms with Gasteiger partial charge >= 0.3 is 0 Å². The van der Waals surface area contributed by atoms with Crippen molar-refractivity contribution in [1.82, 2.24) is 0 Å². The van der Waals surface area contributed by atoms with Crippen molar-refractivity contribution in [2.24, 2.45) is 0 Å². The van der Waals surface area contributed by atoms with E-state index in [1.807, 2.05) is 0 Å². The fourth-order valence-corrected chi connectivity index (χ4v) is 0.506. The molecule has 52 valence electrons. The first-order valence-electron chi connectivity index (χ1n) is 2.52. The number of halogens is 2. The molecular formula is C6H8Cl2O. The first-order chi connectivity index (χ1) is 4.20. The van der Waals surface area contributed by atoms with E-state index in [0.717, 1.165) is 5.57 Å². The van der Waals surface area contributed by atoms with Crippen LogP contribution in [-0.2, 0) is 4.79 Å². The highest BCUT2D eigenvalue weighted by Crippen LogP contribution is 1.95. The third kappa shape index (κ3) is 4.49. The Hall–Kier alpha value is -0.0100. The number of alkyl halides is 2. The van der Waals surface area contributed by atoms with E-state index in [9.17, 15) is 4.79 Å². The van der Waals surface area contributed by atoms with Crippen LogP contribution >= 0.6 is 23.2 Å². The van der Waals surface area contributed by atoms with Crippen LogP contribution in [0.1, 0.15) is 6.92 Å². The number of allylic oxidation sites excluding steroid dienone is 2. The third-order valence-electron chi connectivity index (χ3n) is 0.750. The molecular weight excluding hydrogens is 159 g/mol. The van der Waals surface area contributed by atoms with Gasteiger partial charge in [0.15, 0.2) is 5.78 Å². The molecule has 0 N–H and O–H groups in total. The van der Waals surface area contributed by atoms with E-state index < -0.39 is 0 Å². The van der Waals surface area contributed by atoms with E-state index in [1.165, 1.54) is 6.08 Å². The molecule has 0 aliphatic heterocycles. The molecule has 1 nitrogen and oxygen atoms in total. The van der Waals surface area contributed by atoms with Crippen molar-refractivity contribution < 1.29 is 4.79 Å². The van der Waals surface area contributed by atoms with Crippen molar-refractivity contribution in [1.29, 1.82) is 0 Å². The number of hydrogen-bond donors (Lipinski definition) is 0. The monoisotopic (exact) mass is 166 g/mol. The standard InChI is InChI=1S/C6H8Cl2O/c1-5(3-7)2-6(9)4-8/h2H,3-4H2,1H3/b5-2+. The quantitative estimate of drug-likeness (QED) is 0.464. The van der Waals surface area contributed by atoms with Gasteiger partial charge in [-0.25, -0.2) is 0 Å². The number of ketones is 1. The maximum Gasteiger partial charge on any atom is 0.170 e. The Kier molecular flexibility index (Phi) is 4.83. The summed E-state index contributed by atoms with van der Waals surface area (Å²) in [6, 6.07) is 0. The zero-order chi connectivity index (χ0) is 7.28. The molecule has 9 heavy (non-hydrogen) atoms. The summed E-state index contributed by atoms with van der Waals surface area (Å²) in [4.78, 5) is 10.5. The topological polar surface area (TPSA) is 17.1 Å². The lowest BCUT2D eigenvalue weighted by Gasteiger charge is -1.89. The van der Waals surface area contributed by atoms with E-state index in [0.29, 0.717) is 5.88 Å². The lowest BCUT2D eigenvalue weighted by atomic mass is 10.3. The van der Waals surface area contributed by atoms with Gasteiger partial charge in [-0.1, -0.05) is 5.57 Å². The highest BCUT2D eigenvalue weighted by atomic mass is 35.5. The van der Waals surface area contributed by atoms with Gasteiger partial charge in [0.1, 0.15) is 0 Å². The van der Waals surface area contributed by atoms with Gasteiger partial charge in [-0.3, -0.25) is 4.79 Å². The number of carbonyl (C=O) groups excluding carboxylic acids is 1. The zero-order valence-electron chi connectivity index (χ0n) is 5.16. The van der Waals surface area contributed by atoms with Crippen LogP contribution < -0.4 is 0 Å². The summed E-state index contributed by atoms with van der Waals surface area (Å²) in [5.74, 6) is 0.339. The maximum atomic E-state index is 10.5. The molecule has 0 spiro atoms. The largest absolute Gasteiger partial charge is 0.294 e. The van der Waals surface area contributed by atoms with Crippen LogP contribution in [0.15, 0.2) is 11.6 Å². The van der Waals surface area contributed by atoms with Crippen molar-refractivity contribution in [3.8, 4) is 0 Å². The molecule has 0 radical (unpaired) electrons. The normalized spacial score (nSPS) is 11.7. The minimum Gasteiger partial charge on any atom is -0.294 e. The number of hydrogen-bond acceptors (Lipinski definition) is 1. The summed E-state index contributed by atoms with van der Waals surface area (Å²) < 4.78 is 0. The first-order valence-corrected chi connectivity index (χ1v) is 3.59. The number of carbonyl (C=O) groups is 1.